The molecule has 3 nitrogen and oxygen atoms in total. The Bertz CT molecular complexity index is 617. The fourth-order valence-corrected chi connectivity index (χ4v) is 3.01. The second-order valence-corrected chi connectivity index (χ2v) is 6.33. The largest absolute Gasteiger partial charge is 0.483 e. The molecule has 0 fully saturated rings. The van der Waals surface area contributed by atoms with Crippen molar-refractivity contribution < 1.29 is 9.53 Å². The molecule has 0 spiro atoms. The first-order chi connectivity index (χ1) is 10.1. The van der Waals surface area contributed by atoms with E-state index in [2.05, 4.69) is 37.2 Å². The molecule has 0 saturated heterocycles. The normalized spacial score (nSPS) is 11.8. The van der Waals surface area contributed by atoms with E-state index in [0.29, 0.717) is 5.75 Å². The highest BCUT2D eigenvalue weighted by Gasteiger charge is 2.10. The molecule has 5 heteroatoms. The predicted molar refractivity (Wildman–Crippen MR) is 90.3 cm³/mol. The summed E-state index contributed by atoms with van der Waals surface area (Å²) >= 11 is 6.77. The van der Waals surface area contributed by atoms with Crippen LogP contribution in [0.4, 0.5) is 0 Å². The average molecular weight is 413 g/mol. The van der Waals surface area contributed by atoms with Crippen molar-refractivity contribution in [1.82, 2.24) is 5.32 Å². The molecule has 2 aromatic rings. The fourth-order valence-electron chi connectivity index (χ4n) is 1.84. The Labute approximate surface area is 141 Å². The summed E-state index contributed by atoms with van der Waals surface area (Å²) in [6.07, 6.45) is 0. The first-order valence-corrected chi connectivity index (χ1v) is 8.07. The lowest BCUT2D eigenvalue weighted by molar-refractivity contribution is -0.123. The summed E-state index contributed by atoms with van der Waals surface area (Å²) in [4.78, 5) is 11.9. The zero-order valence-corrected chi connectivity index (χ0v) is 14.6. The minimum Gasteiger partial charge on any atom is -0.483 e. The molecular formula is C16H15Br2NO2. The number of carbonyl (C=O) groups excluding carboxylic acids is 1. The zero-order chi connectivity index (χ0) is 15.2. The Kier molecular flexibility index (Phi) is 5.82. The smallest absolute Gasteiger partial charge is 0.258 e. The van der Waals surface area contributed by atoms with E-state index in [-0.39, 0.29) is 18.6 Å². The van der Waals surface area contributed by atoms with Gasteiger partial charge in [0.1, 0.15) is 5.75 Å². The summed E-state index contributed by atoms with van der Waals surface area (Å²) in [7, 11) is 0. The van der Waals surface area contributed by atoms with Gasteiger partial charge in [-0.15, -0.1) is 0 Å². The van der Waals surface area contributed by atoms with E-state index in [1.54, 1.807) is 0 Å². The maximum atomic E-state index is 11.9. The number of rotatable bonds is 5. The number of hydrogen-bond acceptors (Lipinski definition) is 2. The summed E-state index contributed by atoms with van der Waals surface area (Å²) < 4.78 is 7.26. The van der Waals surface area contributed by atoms with Gasteiger partial charge in [0.2, 0.25) is 0 Å². The van der Waals surface area contributed by atoms with Crippen LogP contribution >= 0.6 is 31.9 Å². The summed E-state index contributed by atoms with van der Waals surface area (Å²) in [5.41, 5.74) is 1.07. The second kappa shape index (κ2) is 7.61. The van der Waals surface area contributed by atoms with Crippen LogP contribution in [0.15, 0.2) is 57.5 Å². The molecule has 0 aromatic heterocycles. The number of amides is 1. The first kappa shape index (κ1) is 16.0. The van der Waals surface area contributed by atoms with Crippen molar-refractivity contribution in [2.24, 2.45) is 0 Å². The summed E-state index contributed by atoms with van der Waals surface area (Å²) in [5, 5.41) is 2.91. The highest BCUT2D eigenvalue weighted by atomic mass is 79.9. The SMILES string of the molecule is C[C@@H](NC(=O)COc1ccc(Br)cc1Br)c1ccccc1. The molecule has 0 aliphatic carbocycles. The maximum Gasteiger partial charge on any atom is 0.258 e. The van der Waals surface area contributed by atoms with Gasteiger partial charge in [-0.25, -0.2) is 0 Å². The van der Waals surface area contributed by atoms with Gasteiger partial charge in [-0.3, -0.25) is 4.79 Å². The van der Waals surface area contributed by atoms with Gasteiger partial charge in [0.25, 0.3) is 5.91 Å². The average Bonchev–Trinajstić information content (AvgIpc) is 2.47. The monoisotopic (exact) mass is 411 g/mol. The molecule has 0 aliphatic rings. The molecule has 1 amide bonds. The molecule has 0 aliphatic heterocycles. The molecule has 1 atom stereocenters. The first-order valence-electron chi connectivity index (χ1n) is 6.48. The lowest BCUT2D eigenvalue weighted by atomic mass is 10.1. The zero-order valence-electron chi connectivity index (χ0n) is 11.5. The number of hydrogen-bond donors (Lipinski definition) is 1. The molecular weight excluding hydrogens is 398 g/mol. The minimum atomic E-state index is -0.152. The molecule has 0 radical (unpaired) electrons. The van der Waals surface area contributed by atoms with Gasteiger partial charge in [-0.05, 0) is 46.6 Å². The molecule has 0 bridgehead atoms. The lowest BCUT2D eigenvalue weighted by Crippen LogP contribution is -2.31. The van der Waals surface area contributed by atoms with Gasteiger partial charge in [0.05, 0.1) is 10.5 Å². The Morgan fingerprint density at radius 3 is 2.57 bits per heavy atom. The summed E-state index contributed by atoms with van der Waals surface area (Å²) in [6.45, 7) is 1.93. The van der Waals surface area contributed by atoms with Crippen LogP contribution in [0.25, 0.3) is 0 Å². The van der Waals surface area contributed by atoms with Crippen molar-refractivity contribution in [2.75, 3.05) is 6.61 Å². The topological polar surface area (TPSA) is 38.3 Å². The van der Waals surface area contributed by atoms with Gasteiger partial charge >= 0.3 is 0 Å². The van der Waals surface area contributed by atoms with Crippen molar-refractivity contribution in [3.05, 3.63) is 63.0 Å². The third-order valence-electron chi connectivity index (χ3n) is 2.93. The van der Waals surface area contributed by atoms with Crippen molar-refractivity contribution in [2.45, 2.75) is 13.0 Å². The van der Waals surface area contributed by atoms with Crippen LogP contribution in [-0.2, 0) is 4.79 Å². The highest BCUT2D eigenvalue weighted by molar-refractivity contribution is 9.11. The third-order valence-corrected chi connectivity index (χ3v) is 4.04. The summed E-state index contributed by atoms with van der Waals surface area (Å²) in [5.74, 6) is 0.488. The van der Waals surface area contributed by atoms with Crippen LogP contribution < -0.4 is 10.1 Å². The van der Waals surface area contributed by atoms with E-state index in [4.69, 9.17) is 4.74 Å². The fraction of sp³-hybridized carbons (Fsp3) is 0.188. The Morgan fingerprint density at radius 2 is 1.90 bits per heavy atom. The number of benzene rings is 2. The lowest BCUT2D eigenvalue weighted by Gasteiger charge is -2.15. The van der Waals surface area contributed by atoms with Gasteiger partial charge in [0.15, 0.2) is 6.61 Å². The van der Waals surface area contributed by atoms with Crippen LogP contribution in [0.3, 0.4) is 0 Å². The maximum absolute atomic E-state index is 11.9. The van der Waals surface area contributed by atoms with Crippen LogP contribution in [0.2, 0.25) is 0 Å². The number of ether oxygens (including phenoxy) is 1. The molecule has 1 N–H and O–H groups in total. The second-order valence-electron chi connectivity index (χ2n) is 4.56. The van der Waals surface area contributed by atoms with E-state index < -0.39 is 0 Å². The Hall–Kier alpha value is -1.33. The predicted octanol–water partition coefficient (Wildman–Crippen LogP) is 4.47. The van der Waals surface area contributed by atoms with Gasteiger partial charge in [-0.2, -0.15) is 0 Å². The molecule has 110 valence electrons. The quantitative estimate of drug-likeness (QED) is 0.786. The minimum absolute atomic E-state index is 0.0165. The number of nitrogens with one attached hydrogen (secondary N) is 1. The van der Waals surface area contributed by atoms with Crippen LogP contribution in [-0.4, -0.2) is 12.5 Å². The Morgan fingerprint density at radius 1 is 1.19 bits per heavy atom. The van der Waals surface area contributed by atoms with Crippen molar-refractivity contribution in [3.8, 4) is 5.75 Å². The molecule has 2 rings (SSSR count). The van der Waals surface area contributed by atoms with E-state index in [0.717, 1.165) is 14.5 Å². The molecule has 2 aromatic carbocycles. The van der Waals surface area contributed by atoms with E-state index >= 15 is 0 Å². The van der Waals surface area contributed by atoms with E-state index in [9.17, 15) is 4.79 Å². The van der Waals surface area contributed by atoms with Gasteiger partial charge < -0.3 is 10.1 Å². The van der Waals surface area contributed by atoms with Crippen molar-refractivity contribution in [3.63, 3.8) is 0 Å². The van der Waals surface area contributed by atoms with Crippen molar-refractivity contribution in [1.29, 1.82) is 0 Å². The Balaban J connectivity index is 1.87. The summed E-state index contributed by atoms with van der Waals surface area (Å²) in [6, 6.07) is 15.3. The standard InChI is InChI=1S/C16H15Br2NO2/c1-11(12-5-3-2-4-6-12)19-16(20)10-21-15-8-7-13(17)9-14(15)18/h2-9,11H,10H2,1H3,(H,19,20)/t11-/m1/s1. The van der Waals surface area contributed by atoms with E-state index in [1.165, 1.54) is 0 Å². The van der Waals surface area contributed by atoms with Gasteiger partial charge in [0, 0.05) is 4.47 Å². The third kappa shape index (κ3) is 4.86. The van der Waals surface area contributed by atoms with Crippen molar-refractivity contribution >= 4 is 37.8 Å². The highest BCUT2D eigenvalue weighted by Crippen LogP contribution is 2.28. The molecule has 0 unspecified atom stereocenters. The van der Waals surface area contributed by atoms with E-state index in [1.807, 2.05) is 55.5 Å². The number of halogens is 2. The number of carbonyl (C=O) groups is 1. The van der Waals surface area contributed by atoms with Crippen LogP contribution in [0, 0.1) is 0 Å². The van der Waals surface area contributed by atoms with Crippen LogP contribution in [0.1, 0.15) is 18.5 Å². The molecule has 21 heavy (non-hydrogen) atoms. The van der Waals surface area contributed by atoms with Crippen LogP contribution in [0.5, 0.6) is 5.75 Å². The van der Waals surface area contributed by atoms with Gasteiger partial charge in [-0.1, -0.05) is 46.3 Å². The molecule has 0 heterocycles. The molecule has 0 saturated carbocycles.